The average Bonchev–Trinajstić information content (AvgIpc) is 2.63. The molecular formula is C12H23N3O. The Morgan fingerprint density at radius 1 is 1.44 bits per heavy atom. The van der Waals surface area contributed by atoms with Crippen molar-refractivity contribution < 1.29 is 5.11 Å². The molecule has 4 nitrogen and oxygen atoms in total. The zero-order valence-corrected chi connectivity index (χ0v) is 10.7. The predicted octanol–water partition coefficient (Wildman–Crippen LogP) is 1.49. The summed E-state index contributed by atoms with van der Waals surface area (Å²) in [5.74, 6) is 0. The number of hydrogen-bond acceptors (Lipinski definition) is 3. The van der Waals surface area contributed by atoms with Gasteiger partial charge in [0.1, 0.15) is 0 Å². The van der Waals surface area contributed by atoms with Crippen molar-refractivity contribution in [3.63, 3.8) is 0 Å². The maximum absolute atomic E-state index is 9.46. The minimum Gasteiger partial charge on any atom is -0.392 e. The Kier molecular flexibility index (Phi) is 4.96. The highest BCUT2D eigenvalue weighted by atomic mass is 16.3. The molecule has 4 heteroatoms. The van der Waals surface area contributed by atoms with Crippen molar-refractivity contribution in [1.82, 2.24) is 14.7 Å². The quantitative estimate of drug-likeness (QED) is 0.797. The molecule has 0 spiro atoms. The van der Waals surface area contributed by atoms with Crippen LogP contribution < -0.4 is 0 Å². The number of aliphatic hydroxyl groups excluding tert-OH is 1. The van der Waals surface area contributed by atoms with Crippen LogP contribution in [-0.2, 0) is 13.1 Å². The van der Waals surface area contributed by atoms with Gasteiger partial charge in [-0.05, 0) is 33.8 Å². The Labute approximate surface area is 97.9 Å². The van der Waals surface area contributed by atoms with Crippen LogP contribution in [0.15, 0.2) is 12.3 Å². The van der Waals surface area contributed by atoms with E-state index in [0.717, 1.165) is 13.1 Å². The Morgan fingerprint density at radius 2 is 2.12 bits per heavy atom. The highest BCUT2D eigenvalue weighted by Crippen LogP contribution is 2.08. The number of aryl methyl sites for hydroxylation is 1. The van der Waals surface area contributed by atoms with Crippen molar-refractivity contribution in [1.29, 1.82) is 0 Å². The van der Waals surface area contributed by atoms with Gasteiger partial charge < -0.3 is 5.11 Å². The number of nitrogens with zero attached hydrogens (tertiary/aromatic N) is 3. The third-order valence-electron chi connectivity index (χ3n) is 2.70. The molecule has 16 heavy (non-hydrogen) atoms. The SMILES string of the molecule is CCn1nccc1CN(CC(C)O)C(C)C. The van der Waals surface area contributed by atoms with E-state index in [1.165, 1.54) is 5.69 Å². The fourth-order valence-corrected chi connectivity index (χ4v) is 1.78. The molecule has 0 saturated heterocycles. The molecule has 0 saturated carbocycles. The van der Waals surface area contributed by atoms with Crippen LogP contribution in [0.25, 0.3) is 0 Å². The molecule has 1 heterocycles. The second-order valence-corrected chi connectivity index (χ2v) is 4.51. The van der Waals surface area contributed by atoms with E-state index in [4.69, 9.17) is 0 Å². The lowest BCUT2D eigenvalue weighted by atomic mass is 10.2. The molecule has 0 bridgehead atoms. The normalized spacial score (nSPS) is 13.7. The topological polar surface area (TPSA) is 41.3 Å². The molecule has 1 N–H and O–H groups in total. The Balaban J connectivity index is 2.67. The van der Waals surface area contributed by atoms with Crippen LogP contribution in [0.1, 0.15) is 33.4 Å². The summed E-state index contributed by atoms with van der Waals surface area (Å²) in [5.41, 5.74) is 1.21. The molecular weight excluding hydrogens is 202 g/mol. The fraction of sp³-hybridized carbons (Fsp3) is 0.750. The molecule has 0 amide bonds. The van der Waals surface area contributed by atoms with Crippen LogP contribution in [0.3, 0.4) is 0 Å². The summed E-state index contributed by atoms with van der Waals surface area (Å²) in [6.45, 7) is 10.6. The summed E-state index contributed by atoms with van der Waals surface area (Å²) in [4.78, 5) is 2.26. The van der Waals surface area contributed by atoms with Gasteiger partial charge in [-0.15, -0.1) is 0 Å². The van der Waals surface area contributed by atoms with Crippen LogP contribution in [0.4, 0.5) is 0 Å². The smallest absolute Gasteiger partial charge is 0.0639 e. The molecule has 0 fully saturated rings. The summed E-state index contributed by atoms with van der Waals surface area (Å²) in [6, 6.07) is 2.47. The molecule has 0 aliphatic heterocycles. The van der Waals surface area contributed by atoms with Crippen LogP contribution in [0, 0.1) is 0 Å². The summed E-state index contributed by atoms with van der Waals surface area (Å²) in [5, 5.41) is 13.7. The van der Waals surface area contributed by atoms with Gasteiger partial charge in [-0.1, -0.05) is 0 Å². The van der Waals surface area contributed by atoms with E-state index in [0.29, 0.717) is 12.6 Å². The Hall–Kier alpha value is -0.870. The molecule has 1 unspecified atom stereocenters. The molecule has 1 rings (SSSR count). The molecule has 0 aromatic carbocycles. The van der Waals surface area contributed by atoms with E-state index in [-0.39, 0.29) is 6.10 Å². The zero-order valence-electron chi connectivity index (χ0n) is 10.7. The minimum absolute atomic E-state index is 0.291. The van der Waals surface area contributed by atoms with Gasteiger partial charge in [0.05, 0.1) is 11.8 Å². The Morgan fingerprint density at radius 3 is 2.62 bits per heavy atom. The molecule has 92 valence electrons. The van der Waals surface area contributed by atoms with Crippen molar-refractivity contribution in [2.45, 2.75) is 52.9 Å². The summed E-state index contributed by atoms with van der Waals surface area (Å²) < 4.78 is 2.00. The highest BCUT2D eigenvalue weighted by Gasteiger charge is 2.14. The van der Waals surface area contributed by atoms with Crippen LogP contribution >= 0.6 is 0 Å². The largest absolute Gasteiger partial charge is 0.392 e. The molecule has 1 aromatic heterocycles. The van der Waals surface area contributed by atoms with Crippen molar-refractivity contribution in [2.24, 2.45) is 0 Å². The number of rotatable bonds is 6. The lowest BCUT2D eigenvalue weighted by Crippen LogP contribution is -2.36. The zero-order chi connectivity index (χ0) is 12.1. The monoisotopic (exact) mass is 225 g/mol. The van der Waals surface area contributed by atoms with Gasteiger partial charge in [0.25, 0.3) is 0 Å². The predicted molar refractivity (Wildman–Crippen MR) is 65.1 cm³/mol. The average molecular weight is 225 g/mol. The Bertz CT molecular complexity index is 307. The van der Waals surface area contributed by atoms with Crippen LogP contribution in [-0.4, -0.2) is 38.5 Å². The van der Waals surface area contributed by atoms with Crippen molar-refractivity contribution in [3.05, 3.63) is 18.0 Å². The van der Waals surface area contributed by atoms with Gasteiger partial charge in [-0.3, -0.25) is 9.58 Å². The molecule has 1 atom stereocenters. The third kappa shape index (κ3) is 3.61. The number of hydrogen-bond donors (Lipinski definition) is 1. The highest BCUT2D eigenvalue weighted by molar-refractivity contribution is 5.00. The van der Waals surface area contributed by atoms with Crippen LogP contribution in [0.5, 0.6) is 0 Å². The first-order valence-electron chi connectivity index (χ1n) is 5.97. The molecule has 1 aromatic rings. The van der Waals surface area contributed by atoms with Crippen LogP contribution in [0.2, 0.25) is 0 Å². The lowest BCUT2D eigenvalue weighted by molar-refractivity contribution is 0.101. The summed E-state index contributed by atoms with van der Waals surface area (Å²) >= 11 is 0. The maximum Gasteiger partial charge on any atom is 0.0639 e. The summed E-state index contributed by atoms with van der Waals surface area (Å²) in [7, 11) is 0. The standard InChI is InChI=1S/C12H23N3O/c1-5-15-12(6-7-13-15)9-14(10(2)3)8-11(4)16/h6-7,10-11,16H,5,8-9H2,1-4H3. The number of aliphatic hydroxyl groups is 1. The molecule has 0 radical (unpaired) electrons. The molecule has 0 aliphatic rings. The first-order chi connectivity index (χ1) is 7.54. The van der Waals surface area contributed by atoms with E-state index in [1.807, 2.05) is 23.9 Å². The van der Waals surface area contributed by atoms with E-state index >= 15 is 0 Å². The third-order valence-corrected chi connectivity index (χ3v) is 2.70. The van der Waals surface area contributed by atoms with Gasteiger partial charge in [-0.2, -0.15) is 5.10 Å². The van der Waals surface area contributed by atoms with Gasteiger partial charge in [-0.25, -0.2) is 0 Å². The van der Waals surface area contributed by atoms with Gasteiger partial charge >= 0.3 is 0 Å². The van der Waals surface area contributed by atoms with E-state index in [1.54, 1.807) is 0 Å². The van der Waals surface area contributed by atoms with Gasteiger partial charge in [0.15, 0.2) is 0 Å². The van der Waals surface area contributed by atoms with Gasteiger partial charge in [0.2, 0.25) is 0 Å². The van der Waals surface area contributed by atoms with E-state index in [9.17, 15) is 5.11 Å². The first kappa shape index (κ1) is 13.2. The maximum atomic E-state index is 9.46. The van der Waals surface area contributed by atoms with E-state index < -0.39 is 0 Å². The van der Waals surface area contributed by atoms with E-state index in [2.05, 4.69) is 30.8 Å². The lowest BCUT2D eigenvalue weighted by Gasteiger charge is -2.27. The fourth-order valence-electron chi connectivity index (χ4n) is 1.78. The van der Waals surface area contributed by atoms with Crippen molar-refractivity contribution >= 4 is 0 Å². The second-order valence-electron chi connectivity index (χ2n) is 4.51. The van der Waals surface area contributed by atoms with Crippen molar-refractivity contribution in [2.75, 3.05) is 6.54 Å². The number of aromatic nitrogens is 2. The van der Waals surface area contributed by atoms with Crippen molar-refractivity contribution in [3.8, 4) is 0 Å². The summed E-state index contributed by atoms with van der Waals surface area (Å²) in [6.07, 6.45) is 1.54. The minimum atomic E-state index is -0.291. The first-order valence-corrected chi connectivity index (χ1v) is 5.97. The second kappa shape index (κ2) is 6.01. The molecule has 0 aliphatic carbocycles. The van der Waals surface area contributed by atoms with Gasteiger partial charge in [0, 0.05) is 31.9 Å².